The number of methoxy groups -OCH3 is 1. The van der Waals surface area contributed by atoms with E-state index >= 15 is 0 Å². The van der Waals surface area contributed by atoms with Gasteiger partial charge in [-0.1, -0.05) is 0 Å². The highest BCUT2D eigenvalue weighted by Crippen LogP contribution is 2.31. The van der Waals surface area contributed by atoms with Crippen molar-refractivity contribution in [2.45, 2.75) is 0 Å². The highest BCUT2D eigenvalue weighted by atomic mass is 127. The summed E-state index contributed by atoms with van der Waals surface area (Å²) in [5.41, 5.74) is 0. The lowest BCUT2D eigenvalue weighted by Gasteiger charge is -2.05. The monoisotopic (exact) mass is 330 g/mol. The Morgan fingerprint density at radius 3 is 2.64 bits per heavy atom. The van der Waals surface area contributed by atoms with Crippen LogP contribution in [0.4, 0.5) is 4.39 Å². The summed E-state index contributed by atoms with van der Waals surface area (Å²) in [6, 6.07) is 3.02. The molecule has 0 aliphatic heterocycles. The van der Waals surface area contributed by atoms with E-state index in [2.05, 4.69) is 15.9 Å². The van der Waals surface area contributed by atoms with E-state index in [0.717, 1.165) is 4.47 Å². The molecule has 0 saturated carbocycles. The normalized spacial score (nSPS) is 9.82. The van der Waals surface area contributed by atoms with Gasteiger partial charge >= 0.3 is 0 Å². The number of ether oxygens (including phenoxy) is 1. The lowest BCUT2D eigenvalue weighted by Crippen LogP contribution is -1.91. The van der Waals surface area contributed by atoms with E-state index in [1.54, 1.807) is 6.07 Å². The zero-order chi connectivity index (χ0) is 8.43. The first kappa shape index (κ1) is 9.25. The zero-order valence-corrected chi connectivity index (χ0v) is 9.44. The van der Waals surface area contributed by atoms with Crippen LogP contribution in [0, 0.1) is 9.39 Å². The first-order valence-corrected chi connectivity index (χ1v) is 4.71. The van der Waals surface area contributed by atoms with Crippen LogP contribution in [-0.2, 0) is 0 Å². The van der Waals surface area contributed by atoms with Crippen molar-refractivity contribution in [3.63, 3.8) is 0 Å². The molecule has 0 bridgehead atoms. The third kappa shape index (κ3) is 1.84. The Balaban J connectivity index is 3.29. The van der Waals surface area contributed by atoms with Crippen molar-refractivity contribution in [3.05, 3.63) is 26.0 Å². The Morgan fingerprint density at radius 2 is 2.18 bits per heavy atom. The van der Waals surface area contributed by atoms with Gasteiger partial charge in [0.25, 0.3) is 0 Å². The van der Waals surface area contributed by atoms with Crippen LogP contribution in [0.1, 0.15) is 0 Å². The molecule has 0 aliphatic rings. The minimum Gasteiger partial charge on any atom is -0.494 e. The molecule has 0 fully saturated rings. The zero-order valence-electron chi connectivity index (χ0n) is 5.70. The fourth-order valence-electron chi connectivity index (χ4n) is 0.696. The molecule has 1 rings (SSSR count). The minimum atomic E-state index is -0.259. The third-order valence-electron chi connectivity index (χ3n) is 1.21. The van der Waals surface area contributed by atoms with Crippen LogP contribution in [0.25, 0.3) is 0 Å². The van der Waals surface area contributed by atoms with E-state index in [1.807, 2.05) is 22.6 Å². The highest BCUT2D eigenvalue weighted by molar-refractivity contribution is 14.1. The summed E-state index contributed by atoms with van der Waals surface area (Å²) < 4.78 is 19.1. The number of hydrogen-bond acceptors (Lipinski definition) is 1. The number of rotatable bonds is 1. The Hall–Kier alpha value is 0.160. The average molecular weight is 331 g/mol. The molecule has 0 spiro atoms. The van der Waals surface area contributed by atoms with Gasteiger partial charge in [0.05, 0.1) is 15.2 Å². The summed E-state index contributed by atoms with van der Waals surface area (Å²) >= 11 is 5.15. The molecular weight excluding hydrogens is 326 g/mol. The van der Waals surface area contributed by atoms with Crippen LogP contribution in [0.2, 0.25) is 0 Å². The van der Waals surface area contributed by atoms with Crippen molar-refractivity contribution in [3.8, 4) is 5.75 Å². The lowest BCUT2D eigenvalue weighted by molar-refractivity contribution is 0.404. The Labute approximate surface area is 86.2 Å². The van der Waals surface area contributed by atoms with Crippen molar-refractivity contribution in [1.29, 1.82) is 0 Å². The summed E-state index contributed by atoms with van der Waals surface area (Å²) in [6.07, 6.45) is 0. The van der Waals surface area contributed by atoms with Gasteiger partial charge in [-0.15, -0.1) is 0 Å². The second-order valence-corrected chi connectivity index (χ2v) is 3.81. The second kappa shape index (κ2) is 3.71. The maximum atomic E-state index is 12.8. The molecule has 1 nitrogen and oxygen atoms in total. The number of halogens is 3. The van der Waals surface area contributed by atoms with Crippen molar-refractivity contribution < 1.29 is 9.13 Å². The number of hydrogen-bond donors (Lipinski definition) is 0. The molecule has 0 heterocycles. The molecule has 11 heavy (non-hydrogen) atoms. The predicted molar refractivity (Wildman–Crippen MR) is 53.4 cm³/mol. The SMILES string of the molecule is COc1c(Br)ccc(F)c1I. The summed E-state index contributed by atoms with van der Waals surface area (Å²) in [5, 5.41) is 0. The van der Waals surface area contributed by atoms with Gasteiger partial charge in [-0.05, 0) is 50.7 Å². The van der Waals surface area contributed by atoms with Crippen LogP contribution in [-0.4, -0.2) is 7.11 Å². The van der Waals surface area contributed by atoms with Crippen molar-refractivity contribution in [2.24, 2.45) is 0 Å². The molecule has 4 heteroatoms. The van der Waals surface area contributed by atoms with Gasteiger partial charge in [-0.3, -0.25) is 0 Å². The fraction of sp³-hybridized carbons (Fsp3) is 0.143. The molecule has 0 radical (unpaired) electrons. The van der Waals surface area contributed by atoms with Gasteiger partial charge in [-0.2, -0.15) is 0 Å². The van der Waals surface area contributed by atoms with Crippen molar-refractivity contribution in [1.82, 2.24) is 0 Å². The van der Waals surface area contributed by atoms with E-state index in [1.165, 1.54) is 13.2 Å². The molecule has 0 N–H and O–H groups in total. The van der Waals surface area contributed by atoms with Crippen LogP contribution >= 0.6 is 38.5 Å². The summed E-state index contributed by atoms with van der Waals surface area (Å²) in [5.74, 6) is 0.288. The van der Waals surface area contributed by atoms with Gasteiger partial charge in [0.15, 0.2) is 0 Å². The molecule has 0 atom stereocenters. The Kier molecular flexibility index (Phi) is 3.12. The van der Waals surface area contributed by atoms with E-state index in [-0.39, 0.29) is 5.82 Å². The molecule has 1 aromatic rings. The van der Waals surface area contributed by atoms with Crippen LogP contribution in [0.15, 0.2) is 16.6 Å². The van der Waals surface area contributed by atoms with E-state index < -0.39 is 0 Å². The van der Waals surface area contributed by atoms with E-state index in [0.29, 0.717) is 9.32 Å². The fourth-order valence-corrected chi connectivity index (χ4v) is 2.25. The largest absolute Gasteiger partial charge is 0.494 e. The van der Waals surface area contributed by atoms with E-state index in [4.69, 9.17) is 4.74 Å². The first-order valence-electron chi connectivity index (χ1n) is 2.84. The molecule has 0 saturated heterocycles. The maximum Gasteiger partial charge on any atom is 0.149 e. The molecule has 0 unspecified atom stereocenters. The van der Waals surface area contributed by atoms with Gasteiger partial charge in [-0.25, -0.2) is 4.39 Å². The topological polar surface area (TPSA) is 9.23 Å². The van der Waals surface area contributed by atoms with Gasteiger partial charge in [0, 0.05) is 0 Å². The molecular formula is C7H5BrFIO. The minimum absolute atomic E-state index is 0.259. The predicted octanol–water partition coefficient (Wildman–Crippen LogP) is 3.20. The number of benzene rings is 1. The second-order valence-electron chi connectivity index (χ2n) is 1.88. The van der Waals surface area contributed by atoms with Gasteiger partial charge in [0.1, 0.15) is 11.6 Å². The molecule has 0 amide bonds. The standard InChI is InChI=1S/C7H5BrFIO/c1-11-7-4(8)2-3-5(9)6(7)10/h2-3H,1H3. The first-order chi connectivity index (χ1) is 5.16. The van der Waals surface area contributed by atoms with Gasteiger partial charge < -0.3 is 4.74 Å². The van der Waals surface area contributed by atoms with Gasteiger partial charge in [0.2, 0.25) is 0 Å². The third-order valence-corrected chi connectivity index (χ3v) is 2.84. The van der Waals surface area contributed by atoms with Crippen LogP contribution in [0.5, 0.6) is 5.75 Å². The molecule has 0 aromatic heterocycles. The van der Waals surface area contributed by atoms with Crippen molar-refractivity contribution in [2.75, 3.05) is 7.11 Å². The van der Waals surface area contributed by atoms with E-state index in [9.17, 15) is 4.39 Å². The quantitative estimate of drug-likeness (QED) is 0.567. The lowest BCUT2D eigenvalue weighted by atomic mass is 10.3. The Bertz CT molecular complexity index is 277. The molecule has 60 valence electrons. The summed E-state index contributed by atoms with van der Waals surface area (Å²) in [7, 11) is 1.52. The summed E-state index contributed by atoms with van der Waals surface area (Å²) in [6.45, 7) is 0. The molecule has 0 aliphatic carbocycles. The highest BCUT2D eigenvalue weighted by Gasteiger charge is 2.08. The van der Waals surface area contributed by atoms with Crippen LogP contribution < -0.4 is 4.74 Å². The maximum absolute atomic E-state index is 12.8. The van der Waals surface area contributed by atoms with Crippen molar-refractivity contribution >= 4 is 38.5 Å². The molecule has 1 aromatic carbocycles. The smallest absolute Gasteiger partial charge is 0.149 e. The Morgan fingerprint density at radius 1 is 1.55 bits per heavy atom. The average Bonchev–Trinajstić information content (AvgIpc) is 1.99. The van der Waals surface area contributed by atoms with Crippen LogP contribution in [0.3, 0.4) is 0 Å². The summed E-state index contributed by atoms with van der Waals surface area (Å²) in [4.78, 5) is 0.